The van der Waals surface area contributed by atoms with Gasteiger partial charge in [-0.1, -0.05) is 0 Å². The van der Waals surface area contributed by atoms with Gasteiger partial charge < -0.3 is 14.1 Å². The maximum Gasteiger partial charge on any atom is 0.249 e. The van der Waals surface area contributed by atoms with Crippen LogP contribution in [0.3, 0.4) is 0 Å². The number of aromatic nitrogens is 3. The maximum absolute atomic E-state index is 12.8. The molecule has 2 aromatic rings. The summed E-state index contributed by atoms with van der Waals surface area (Å²) in [4.78, 5) is 20.9. The van der Waals surface area contributed by atoms with Gasteiger partial charge in [-0.25, -0.2) is 0 Å². The molecular weight excluding hydrogens is 322 g/mol. The number of ether oxygens (including phenoxy) is 1. The highest BCUT2D eigenvalue weighted by molar-refractivity contribution is 5.82. The molecule has 0 saturated carbocycles. The maximum atomic E-state index is 12.8. The first-order valence-corrected chi connectivity index (χ1v) is 8.64. The molecule has 1 amide bonds. The first kappa shape index (κ1) is 16.2. The van der Waals surface area contributed by atoms with Crippen molar-refractivity contribution < 1.29 is 13.9 Å². The fourth-order valence-corrected chi connectivity index (χ4v) is 3.39. The molecule has 2 aliphatic heterocycles. The quantitative estimate of drug-likeness (QED) is 0.817. The van der Waals surface area contributed by atoms with Crippen molar-refractivity contribution in [1.29, 1.82) is 0 Å². The van der Waals surface area contributed by atoms with E-state index in [2.05, 4.69) is 20.1 Å². The van der Waals surface area contributed by atoms with E-state index >= 15 is 0 Å². The predicted octanol–water partition coefficient (Wildman–Crippen LogP) is 0.955. The molecule has 4 rings (SSSR count). The first-order chi connectivity index (χ1) is 12.3. The molecule has 0 aliphatic carbocycles. The van der Waals surface area contributed by atoms with Crippen molar-refractivity contribution in [2.45, 2.75) is 25.4 Å². The zero-order chi connectivity index (χ0) is 17.1. The molecule has 8 nitrogen and oxygen atoms in total. The summed E-state index contributed by atoms with van der Waals surface area (Å²) < 4.78 is 11.1. The Morgan fingerprint density at radius 2 is 2.12 bits per heavy atom. The number of rotatable bonds is 4. The van der Waals surface area contributed by atoms with Crippen molar-refractivity contribution >= 4 is 5.91 Å². The van der Waals surface area contributed by atoms with E-state index in [9.17, 15) is 4.79 Å². The number of nitrogens with zero attached hydrogens (tertiary/aromatic N) is 5. The van der Waals surface area contributed by atoms with Crippen LogP contribution in [0, 0.1) is 0 Å². The minimum atomic E-state index is -0.105. The van der Waals surface area contributed by atoms with Crippen LogP contribution < -0.4 is 0 Å². The minimum Gasteiger partial charge on any atom is -0.419 e. The topological polar surface area (TPSA) is 84.6 Å². The van der Waals surface area contributed by atoms with Crippen molar-refractivity contribution in [3.8, 4) is 11.5 Å². The summed E-state index contributed by atoms with van der Waals surface area (Å²) in [6.45, 7) is 3.95. The minimum absolute atomic E-state index is 0.105. The molecule has 2 aliphatic rings. The van der Waals surface area contributed by atoms with Gasteiger partial charge in [0, 0.05) is 25.5 Å². The van der Waals surface area contributed by atoms with Gasteiger partial charge in [0.1, 0.15) is 0 Å². The zero-order valence-corrected chi connectivity index (χ0v) is 14.0. The number of carbonyl (C=O) groups excluding carboxylic acids is 1. The number of pyridine rings is 1. The Kier molecular flexibility index (Phi) is 4.71. The molecule has 2 saturated heterocycles. The van der Waals surface area contributed by atoms with E-state index in [1.54, 1.807) is 12.4 Å². The molecule has 4 heterocycles. The largest absolute Gasteiger partial charge is 0.419 e. The number of morpholine rings is 1. The summed E-state index contributed by atoms with van der Waals surface area (Å²) in [5.74, 6) is 1.17. The Morgan fingerprint density at radius 1 is 1.24 bits per heavy atom. The van der Waals surface area contributed by atoms with Gasteiger partial charge in [0.25, 0.3) is 0 Å². The third-order valence-electron chi connectivity index (χ3n) is 4.69. The van der Waals surface area contributed by atoms with Crippen LogP contribution in [0.1, 0.15) is 18.7 Å². The van der Waals surface area contributed by atoms with Crippen molar-refractivity contribution in [2.75, 3.05) is 32.8 Å². The van der Waals surface area contributed by atoms with E-state index in [1.165, 1.54) is 0 Å². The lowest BCUT2D eigenvalue weighted by Gasteiger charge is -2.32. The number of carbonyl (C=O) groups is 1. The van der Waals surface area contributed by atoms with Gasteiger partial charge >= 0.3 is 0 Å². The van der Waals surface area contributed by atoms with Crippen LogP contribution in [-0.4, -0.2) is 69.8 Å². The van der Waals surface area contributed by atoms with Crippen LogP contribution in [0.15, 0.2) is 28.9 Å². The Bertz CT molecular complexity index is 714. The van der Waals surface area contributed by atoms with Crippen LogP contribution in [0.5, 0.6) is 0 Å². The monoisotopic (exact) mass is 343 g/mol. The second-order valence-corrected chi connectivity index (χ2v) is 6.31. The van der Waals surface area contributed by atoms with Gasteiger partial charge in [0.2, 0.25) is 17.7 Å². The lowest BCUT2D eigenvalue weighted by atomic mass is 10.2. The second kappa shape index (κ2) is 7.28. The summed E-state index contributed by atoms with van der Waals surface area (Å²) in [5, 5.41) is 8.22. The van der Waals surface area contributed by atoms with E-state index in [1.807, 2.05) is 17.0 Å². The summed E-state index contributed by atoms with van der Waals surface area (Å²) in [5.41, 5.74) is 0.795. The van der Waals surface area contributed by atoms with Crippen LogP contribution in [0.25, 0.3) is 11.5 Å². The normalized spacial score (nSPS) is 21.6. The number of likely N-dealkylation sites (tertiary alicyclic amines) is 1. The van der Waals surface area contributed by atoms with Gasteiger partial charge in [-0.3, -0.25) is 14.7 Å². The fourth-order valence-electron chi connectivity index (χ4n) is 3.39. The Balaban J connectivity index is 1.43. The van der Waals surface area contributed by atoms with Crippen LogP contribution in [0.2, 0.25) is 0 Å². The third kappa shape index (κ3) is 3.54. The Morgan fingerprint density at radius 3 is 2.92 bits per heavy atom. The van der Waals surface area contributed by atoms with E-state index in [0.717, 1.165) is 24.9 Å². The predicted molar refractivity (Wildman–Crippen MR) is 88.4 cm³/mol. The lowest BCUT2D eigenvalue weighted by Crippen LogP contribution is -2.49. The average Bonchev–Trinajstić information content (AvgIpc) is 3.33. The van der Waals surface area contributed by atoms with Crippen molar-refractivity contribution in [2.24, 2.45) is 0 Å². The second-order valence-electron chi connectivity index (χ2n) is 6.31. The van der Waals surface area contributed by atoms with Crippen LogP contribution in [0.4, 0.5) is 0 Å². The summed E-state index contributed by atoms with van der Waals surface area (Å²) in [6.07, 6.45) is 5.27. The number of amides is 1. The van der Waals surface area contributed by atoms with Crippen LogP contribution in [-0.2, 0) is 16.1 Å². The molecule has 8 heteroatoms. The zero-order valence-electron chi connectivity index (χ0n) is 14.0. The van der Waals surface area contributed by atoms with E-state index in [4.69, 9.17) is 9.15 Å². The van der Waals surface area contributed by atoms with E-state index in [0.29, 0.717) is 44.6 Å². The van der Waals surface area contributed by atoms with Crippen molar-refractivity contribution in [3.05, 3.63) is 30.4 Å². The van der Waals surface area contributed by atoms with E-state index < -0.39 is 0 Å². The Hall–Kier alpha value is -2.32. The molecule has 0 spiro atoms. The highest BCUT2D eigenvalue weighted by atomic mass is 16.5. The van der Waals surface area contributed by atoms with E-state index in [-0.39, 0.29) is 11.9 Å². The molecule has 132 valence electrons. The molecule has 25 heavy (non-hydrogen) atoms. The average molecular weight is 343 g/mol. The van der Waals surface area contributed by atoms with Gasteiger partial charge in [-0.2, -0.15) is 0 Å². The van der Waals surface area contributed by atoms with Gasteiger partial charge in [0.15, 0.2) is 0 Å². The summed E-state index contributed by atoms with van der Waals surface area (Å²) in [7, 11) is 0. The molecule has 0 unspecified atom stereocenters. The van der Waals surface area contributed by atoms with Gasteiger partial charge in [0.05, 0.1) is 31.4 Å². The smallest absolute Gasteiger partial charge is 0.249 e. The highest BCUT2D eigenvalue weighted by Crippen LogP contribution is 2.23. The molecule has 2 aromatic heterocycles. The van der Waals surface area contributed by atoms with Gasteiger partial charge in [-0.15, -0.1) is 10.2 Å². The third-order valence-corrected chi connectivity index (χ3v) is 4.69. The molecule has 2 fully saturated rings. The molecule has 1 atom stereocenters. The summed E-state index contributed by atoms with van der Waals surface area (Å²) >= 11 is 0. The van der Waals surface area contributed by atoms with Crippen molar-refractivity contribution in [1.82, 2.24) is 25.0 Å². The molecule has 0 N–H and O–H groups in total. The molecule has 0 bridgehead atoms. The fraction of sp³-hybridized carbons (Fsp3) is 0.529. The molecular formula is C17H21N5O3. The van der Waals surface area contributed by atoms with Crippen LogP contribution >= 0.6 is 0 Å². The lowest BCUT2D eigenvalue weighted by molar-refractivity contribution is -0.140. The van der Waals surface area contributed by atoms with Gasteiger partial charge in [-0.05, 0) is 31.5 Å². The Labute approximate surface area is 145 Å². The number of hydrogen-bond acceptors (Lipinski definition) is 7. The van der Waals surface area contributed by atoms with Crippen molar-refractivity contribution in [3.63, 3.8) is 0 Å². The summed E-state index contributed by atoms with van der Waals surface area (Å²) in [6, 6.07) is 3.61. The SMILES string of the molecule is O=C([C@@H]1CCCN1Cc1nnc(-c2cccnc2)o1)N1CCOCC1. The molecule has 0 aromatic carbocycles. The standard InChI is InChI=1S/C17H21N5O3/c23-17(21-7-9-24-10-8-21)14-4-2-6-22(14)12-15-19-20-16(25-15)13-3-1-5-18-11-13/h1,3,5,11,14H,2,4,6-10,12H2/t14-/m0/s1. The first-order valence-electron chi connectivity index (χ1n) is 8.64. The molecule has 0 radical (unpaired) electrons. The number of hydrogen-bond donors (Lipinski definition) is 0. The highest BCUT2D eigenvalue weighted by Gasteiger charge is 2.35.